The van der Waals surface area contributed by atoms with Gasteiger partial charge in [0.1, 0.15) is 6.10 Å². The van der Waals surface area contributed by atoms with E-state index in [9.17, 15) is 23.1 Å². The summed E-state index contributed by atoms with van der Waals surface area (Å²) in [6, 6.07) is 3.19. The Morgan fingerprint density at radius 1 is 1.30 bits per heavy atom. The van der Waals surface area contributed by atoms with Gasteiger partial charge < -0.3 is 19.7 Å². The minimum atomic E-state index is -3.07. The van der Waals surface area contributed by atoms with Gasteiger partial charge in [-0.05, 0) is 24.6 Å². The zero-order chi connectivity index (χ0) is 15.3. The molecule has 0 fully saturated rings. The molecule has 2 N–H and O–H groups in total. The quantitative estimate of drug-likeness (QED) is 0.805. The number of halogens is 3. The van der Waals surface area contributed by atoms with Gasteiger partial charge in [-0.2, -0.15) is 8.78 Å². The summed E-state index contributed by atoms with van der Waals surface area (Å²) in [5.74, 6) is -2.26. The summed E-state index contributed by atoms with van der Waals surface area (Å²) >= 11 is 0. The Kier molecular flexibility index (Phi) is 5.63. The van der Waals surface area contributed by atoms with E-state index in [1.807, 2.05) is 0 Å². The normalized spacial score (nSPS) is 13.9. The lowest BCUT2D eigenvalue weighted by atomic mass is 10.0. The molecule has 0 spiro atoms. The molecule has 2 unspecified atom stereocenters. The summed E-state index contributed by atoms with van der Waals surface area (Å²) in [7, 11) is 0. The number of carbonyl (C=O) groups is 1. The van der Waals surface area contributed by atoms with Gasteiger partial charge in [-0.1, -0.05) is 6.07 Å². The van der Waals surface area contributed by atoms with Crippen LogP contribution in [0, 0.1) is 0 Å². The highest BCUT2D eigenvalue weighted by Crippen LogP contribution is 2.33. The number of carboxylic acid groups (broad SMARTS) is 1. The minimum absolute atomic E-state index is 0.120. The molecule has 0 bridgehead atoms. The van der Waals surface area contributed by atoms with Gasteiger partial charge in [-0.15, -0.1) is 0 Å². The first kappa shape index (κ1) is 16.1. The zero-order valence-electron chi connectivity index (χ0n) is 10.4. The Hall–Kier alpha value is -1.96. The van der Waals surface area contributed by atoms with Crippen molar-refractivity contribution in [2.45, 2.75) is 25.8 Å². The Morgan fingerprint density at radius 3 is 2.45 bits per heavy atom. The lowest BCUT2D eigenvalue weighted by Crippen LogP contribution is -2.23. The molecule has 2 atom stereocenters. The van der Waals surface area contributed by atoms with Gasteiger partial charge in [0.2, 0.25) is 6.17 Å². The molecule has 0 saturated heterocycles. The molecule has 5 nitrogen and oxygen atoms in total. The van der Waals surface area contributed by atoms with E-state index in [2.05, 4.69) is 4.74 Å². The summed E-state index contributed by atoms with van der Waals surface area (Å²) in [4.78, 5) is 10.4. The van der Waals surface area contributed by atoms with Gasteiger partial charge >= 0.3 is 12.6 Å². The van der Waals surface area contributed by atoms with Crippen molar-refractivity contribution in [2.24, 2.45) is 0 Å². The second-order valence-corrected chi connectivity index (χ2v) is 3.70. The van der Waals surface area contributed by atoms with Gasteiger partial charge in [-0.25, -0.2) is 9.18 Å². The maximum Gasteiger partial charge on any atom is 0.387 e. The first-order valence-corrected chi connectivity index (χ1v) is 5.63. The third-order valence-electron chi connectivity index (χ3n) is 2.34. The third-order valence-corrected chi connectivity index (χ3v) is 2.34. The fourth-order valence-corrected chi connectivity index (χ4v) is 1.47. The molecule has 0 radical (unpaired) electrons. The van der Waals surface area contributed by atoms with Crippen molar-refractivity contribution in [1.29, 1.82) is 0 Å². The number of ether oxygens (including phenoxy) is 2. The number of hydrogen-bond acceptors (Lipinski definition) is 4. The Balaban J connectivity index is 3.05. The number of aliphatic hydroxyl groups is 1. The molecule has 1 rings (SSSR count). The van der Waals surface area contributed by atoms with Crippen LogP contribution in [-0.4, -0.2) is 35.6 Å². The number of carboxylic acids is 1. The second-order valence-electron chi connectivity index (χ2n) is 3.70. The third kappa shape index (κ3) is 4.02. The lowest BCUT2D eigenvalue weighted by Gasteiger charge is -2.16. The lowest BCUT2D eigenvalue weighted by molar-refractivity contribution is -0.147. The molecule has 1 aromatic rings. The molecule has 20 heavy (non-hydrogen) atoms. The number of aliphatic carboxylic acids is 1. The second kappa shape index (κ2) is 6.99. The fraction of sp³-hybridized carbons (Fsp3) is 0.417. The molecular weight excluding hydrogens is 281 g/mol. The van der Waals surface area contributed by atoms with E-state index in [0.717, 1.165) is 18.2 Å². The Morgan fingerprint density at radius 2 is 1.95 bits per heavy atom. The van der Waals surface area contributed by atoms with E-state index in [1.54, 1.807) is 6.92 Å². The molecule has 0 amide bonds. The molecule has 0 aromatic heterocycles. The Bertz CT molecular complexity index is 466. The van der Waals surface area contributed by atoms with E-state index in [1.165, 1.54) is 0 Å². The number of alkyl halides is 3. The van der Waals surface area contributed by atoms with Crippen LogP contribution in [-0.2, 0) is 4.79 Å². The molecule has 0 aliphatic heterocycles. The van der Waals surface area contributed by atoms with E-state index in [0.29, 0.717) is 0 Å². The standard InChI is InChI=1S/C12H13F3O5/c1-2-19-8-5-6(10(16)9(13)11(17)18)3-4-7(8)20-12(14)15/h3-5,9-10,12,16H,2H2,1H3,(H,17,18). The van der Waals surface area contributed by atoms with Crippen LogP contribution in [0.3, 0.4) is 0 Å². The summed E-state index contributed by atoms with van der Waals surface area (Å²) in [5, 5.41) is 18.0. The topological polar surface area (TPSA) is 76.0 Å². The van der Waals surface area contributed by atoms with Crippen LogP contribution in [0.15, 0.2) is 18.2 Å². The predicted octanol–water partition coefficient (Wildman–Crippen LogP) is 2.14. The van der Waals surface area contributed by atoms with Crippen molar-refractivity contribution in [1.82, 2.24) is 0 Å². The van der Waals surface area contributed by atoms with Crippen molar-refractivity contribution in [3.05, 3.63) is 23.8 Å². The Labute approximate surface area is 112 Å². The first-order valence-electron chi connectivity index (χ1n) is 5.63. The van der Waals surface area contributed by atoms with Gasteiger partial charge in [0.15, 0.2) is 11.5 Å². The van der Waals surface area contributed by atoms with Gasteiger partial charge in [0.25, 0.3) is 0 Å². The van der Waals surface area contributed by atoms with E-state index >= 15 is 0 Å². The fourth-order valence-electron chi connectivity index (χ4n) is 1.47. The molecular formula is C12H13F3O5. The smallest absolute Gasteiger partial charge is 0.387 e. The average molecular weight is 294 g/mol. The molecule has 112 valence electrons. The van der Waals surface area contributed by atoms with Crippen LogP contribution in [0.25, 0.3) is 0 Å². The van der Waals surface area contributed by atoms with E-state index in [4.69, 9.17) is 9.84 Å². The van der Waals surface area contributed by atoms with Crippen molar-refractivity contribution in [2.75, 3.05) is 6.61 Å². The van der Waals surface area contributed by atoms with Gasteiger partial charge in [-0.3, -0.25) is 0 Å². The molecule has 0 aliphatic rings. The van der Waals surface area contributed by atoms with Crippen molar-refractivity contribution < 1.29 is 37.7 Å². The minimum Gasteiger partial charge on any atom is -0.490 e. The summed E-state index contributed by atoms with van der Waals surface area (Å²) < 4.78 is 46.7. The highest BCUT2D eigenvalue weighted by atomic mass is 19.3. The number of rotatable bonds is 7. The van der Waals surface area contributed by atoms with Crippen LogP contribution in [0.4, 0.5) is 13.2 Å². The monoisotopic (exact) mass is 294 g/mol. The first-order chi connectivity index (χ1) is 9.36. The molecule has 0 aliphatic carbocycles. The van der Waals surface area contributed by atoms with E-state index in [-0.39, 0.29) is 23.7 Å². The van der Waals surface area contributed by atoms with Gasteiger partial charge in [0, 0.05) is 0 Å². The highest BCUT2D eigenvalue weighted by Gasteiger charge is 2.28. The summed E-state index contributed by atoms with van der Waals surface area (Å²) in [6.07, 6.45) is -4.47. The molecule has 1 aromatic carbocycles. The van der Waals surface area contributed by atoms with Crippen molar-refractivity contribution in [3.63, 3.8) is 0 Å². The molecule has 0 heterocycles. The maximum atomic E-state index is 13.2. The zero-order valence-corrected chi connectivity index (χ0v) is 10.4. The largest absolute Gasteiger partial charge is 0.490 e. The van der Waals surface area contributed by atoms with Crippen LogP contribution in [0.5, 0.6) is 11.5 Å². The van der Waals surface area contributed by atoms with Crippen LogP contribution >= 0.6 is 0 Å². The maximum absolute atomic E-state index is 13.2. The molecule has 8 heteroatoms. The SMILES string of the molecule is CCOc1cc(C(O)C(F)C(=O)O)ccc1OC(F)F. The van der Waals surface area contributed by atoms with E-state index < -0.39 is 24.9 Å². The van der Waals surface area contributed by atoms with Gasteiger partial charge in [0.05, 0.1) is 6.61 Å². The number of hydrogen-bond donors (Lipinski definition) is 2. The summed E-state index contributed by atoms with van der Waals surface area (Å²) in [5.41, 5.74) is -0.120. The van der Waals surface area contributed by atoms with Crippen LogP contribution in [0.1, 0.15) is 18.6 Å². The van der Waals surface area contributed by atoms with Crippen LogP contribution in [0.2, 0.25) is 0 Å². The predicted molar refractivity (Wildman–Crippen MR) is 61.7 cm³/mol. The highest BCUT2D eigenvalue weighted by molar-refractivity contribution is 5.73. The summed E-state index contributed by atoms with van der Waals surface area (Å²) in [6.45, 7) is -1.36. The average Bonchev–Trinajstić information content (AvgIpc) is 2.38. The number of aliphatic hydroxyl groups excluding tert-OH is 1. The van der Waals surface area contributed by atoms with Crippen LogP contribution < -0.4 is 9.47 Å². The van der Waals surface area contributed by atoms with Crippen molar-refractivity contribution in [3.8, 4) is 11.5 Å². The van der Waals surface area contributed by atoms with Crippen molar-refractivity contribution >= 4 is 5.97 Å². The molecule has 0 saturated carbocycles. The number of benzene rings is 1.